The molecule has 0 aliphatic rings. The summed E-state index contributed by atoms with van der Waals surface area (Å²) in [7, 11) is 0. The van der Waals surface area contributed by atoms with Crippen LogP contribution in [0.1, 0.15) is 11.4 Å². The van der Waals surface area contributed by atoms with Crippen LogP contribution in [0.4, 0.5) is 0 Å². The lowest BCUT2D eigenvalue weighted by Crippen LogP contribution is -2.28. The molecule has 0 atom stereocenters. The average molecular weight is 280 g/mol. The molecule has 0 spiro atoms. The van der Waals surface area contributed by atoms with Gasteiger partial charge in [-0.3, -0.25) is 5.41 Å². The number of aliphatic hydroxyl groups excluding tert-OH is 1. The highest BCUT2D eigenvalue weighted by atomic mass is 32.2. The quantitative estimate of drug-likeness (QED) is 0.430. The van der Waals surface area contributed by atoms with Crippen LogP contribution in [0, 0.1) is 15.5 Å². The van der Waals surface area contributed by atoms with E-state index in [4.69, 9.17) is 11.1 Å². The first-order valence-corrected chi connectivity index (χ1v) is 6.38. The highest BCUT2D eigenvalue weighted by molar-refractivity contribution is 8.13. The van der Waals surface area contributed by atoms with Crippen molar-refractivity contribution < 1.29 is 9.53 Å². The van der Waals surface area contributed by atoms with Gasteiger partial charge in [0.1, 0.15) is 12.1 Å². The first kappa shape index (κ1) is 13.4. The van der Waals surface area contributed by atoms with Crippen molar-refractivity contribution in [1.29, 1.82) is 5.41 Å². The molecule has 0 unspecified atom stereocenters. The summed E-state index contributed by atoms with van der Waals surface area (Å²) in [5.41, 5.74) is 5.71. The minimum Gasteiger partial charge on any atom is -0.805 e. The number of aliphatic hydroxyl groups is 1. The van der Waals surface area contributed by atoms with Crippen LogP contribution in [0.5, 0.6) is 0 Å². The standard InChI is InChI=1S/C11H12N4O3S/c12-11(13)19-6-10-9(5-16)14(17)7-3-1-2-4-8(7)15(10)18/h1-4,16H,5-6H2,(H3,12,13). The first-order chi connectivity index (χ1) is 9.06. The van der Waals surface area contributed by atoms with Gasteiger partial charge in [-0.15, -0.1) is 0 Å². The van der Waals surface area contributed by atoms with Gasteiger partial charge in [-0.2, -0.15) is 0 Å². The van der Waals surface area contributed by atoms with Crippen molar-refractivity contribution in [3.05, 3.63) is 45.8 Å². The van der Waals surface area contributed by atoms with Crippen LogP contribution in [-0.4, -0.2) is 15.0 Å². The Morgan fingerprint density at radius 1 is 1.53 bits per heavy atom. The Morgan fingerprint density at radius 3 is 2.84 bits per heavy atom. The maximum atomic E-state index is 12.2. The van der Waals surface area contributed by atoms with Crippen LogP contribution in [0.15, 0.2) is 24.3 Å². The van der Waals surface area contributed by atoms with Crippen molar-refractivity contribution in [2.45, 2.75) is 12.4 Å². The third kappa shape index (κ3) is 2.40. The van der Waals surface area contributed by atoms with Gasteiger partial charge in [0.2, 0.25) is 0 Å². The zero-order valence-electron chi connectivity index (χ0n) is 9.87. The van der Waals surface area contributed by atoms with Crippen molar-refractivity contribution in [2.24, 2.45) is 5.73 Å². The molecule has 1 aromatic carbocycles. The normalized spacial score (nSPS) is 10.8. The number of fused-ring (bicyclic) bond motifs is 1. The maximum absolute atomic E-state index is 12.2. The summed E-state index contributed by atoms with van der Waals surface area (Å²) >= 11 is 0.922. The number of hydrogen-bond donors (Lipinski definition) is 3. The molecule has 0 saturated heterocycles. The number of nitrogens with two attached hydrogens (primary N) is 1. The van der Waals surface area contributed by atoms with Gasteiger partial charge < -0.3 is 20.8 Å². The molecule has 19 heavy (non-hydrogen) atoms. The molecule has 7 nitrogen and oxygen atoms in total. The zero-order chi connectivity index (χ0) is 14.0. The van der Waals surface area contributed by atoms with E-state index in [2.05, 4.69) is 0 Å². The second-order valence-electron chi connectivity index (χ2n) is 3.78. The lowest BCUT2D eigenvalue weighted by Gasteiger charge is -2.18. The van der Waals surface area contributed by atoms with E-state index < -0.39 is 6.61 Å². The number of nitrogens with one attached hydrogen (secondary N) is 1. The van der Waals surface area contributed by atoms with E-state index in [1.54, 1.807) is 12.1 Å². The summed E-state index contributed by atoms with van der Waals surface area (Å²) in [6.07, 6.45) is 0. The molecule has 0 bridgehead atoms. The second kappa shape index (κ2) is 5.29. The van der Waals surface area contributed by atoms with Crippen LogP contribution in [0.25, 0.3) is 11.0 Å². The molecule has 2 rings (SSSR count). The van der Waals surface area contributed by atoms with Crippen molar-refractivity contribution in [3.8, 4) is 0 Å². The molecule has 2 aromatic rings. The molecule has 0 saturated carbocycles. The predicted molar refractivity (Wildman–Crippen MR) is 73.2 cm³/mol. The summed E-state index contributed by atoms with van der Waals surface area (Å²) in [6, 6.07) is 6.33. The number of para-hydroxylation sites is 2. The number of thioether (sulfide) groups is 1. The maximum Gasteiger partial charge on any atom is 0.286 e. The molecule has 8 heteroatoms. The van der Waals surface area contributed by atoms with Crippen molar-refractivity contribution >= 4 is 28.0 Å². The summed E-state index contributed by atoms with van der Waals surface area (Å²) < 4.78 is 1.14. The minimum atomic E-state index is -0.551. The fraction of sp³-hybridized carbons (Fsp3) is 0.182. The van der Waals surface area contributed by atoms with E-state index in [1.165, 1.54) is 12.1 Å². The van der Waals surface area contributed by atoms with Crippen molar-refractivity contribution in [2.75, 3.05) is 0 Å². The number of amidine groups is 1. The Bertz CT molecular complexity index is 698. The van der Waals surface area contributed by atoms with Gasteiger partial charge in [0, 0.05) is 16.7 Å². The van der Waals surface area contributed by atoms with E-state index >= 15 is 0 Å². The van der Waals surface area contributed by atoms with E-state index in [1.807, 2.05) is 0 Å². The average Bonchev–Trinajstić information content (AvgIpc) is 2.41. The fourth-order valence-corrected chi connectivity index (χ4v) is 2.35. The Balaban J connectivity index is 2.70. The molecule has 0 aliphatic carbocycles. The van der Waals surface area contributed by atoms with E-state index in [-0.39, 0.29) is 33.3 Å². The second-order valence-corrected chi connectivity index (χ2v) is 4.80. The van der Waals surface area contributed by atoms with Gasteiger partial charge in [-0.25, -0.2) is 0 Å². The number of benzene rings is 1. The molecule has 0 radical (unpaired) electrons. The van der Waals surface area contributed by atoms with E-state index in [9.17, 15) is 15.2 Å². The Kier molecular flexibility index (Phi) is 3.72. The molecular weight excluding hydrogens is 268 g/mol. The van der Waals surface area contributed by atoms with Crippen LogP contribution < -0.4 is 10.2 Å². The van der Waals surface area contributed by atoms with Crippen molar-refractivity contribution in [1.82, 2.24) is 4.73 Å². The Hall–Kier alpha value is -2.06. The highest BCUT2D eigenvalue weighted by Crippen LogP contribution is 2.18. The summed E-state index contributed by atoms with van der Waals surface area (Å²) in [5.74, 6) is 0.0573. The Morgan fingerprint density at radius 2 is 2.21 bits per heavy atom. The van der Waals surface area contributed by atoms with Crippen molar-refractivity contribution in [3.63, 3.8) is 0 Å². The van der Waals surface area contributed by atoms with Gasteiger partial charge in [0.15, 0.2) is 5.17 Å². The monoisotopic (exact) mass is 280 g/mol. The van der Waals surface area contributed by atoms with Crippen LogP contribution in [0.2, 0.25) is 0 Å². The van der Waals surface area contributed by atoms with Gasteiger partial charge in [0.25, 0.3) is 11.2 Å². The number of aromatic nitrogens is 2. The largest absolute Gasteiger partial charge is 0.805 e. The molecule has 1 aromatic heterocycles. The topological polar surface area (TPSA) is 121 Å². The van der Waals surface area contributed by atoms with Crippen LogP contribution >= 0.6 is 11.8 Å². The summed E-state index contributed by atoms with van der Waals surface area (Å²) in [5, 5.41) is 28.5. The van der Waals surface area contributed by atoms with E-state index in [0.717, 1.165) is 11.8 Å². The number of nitrogens with zero attached hydrogens (tertiary/aromatic N) is 2. The lowest BCUT2D eigenvalue weighted by molar-refractivity contribution is -0.479. The van der Waals surface area contributed by atoms with Gasteiger partial charge in [-0.1, -0.05) is 23.9 Å². The molecule has 1 heterocycles. The van der Waals surface area contributed by atoms with Crippen LogP contribution in [-0.2, 0) is 12.4 Å². The van der Waals surface area contributed by atoms with E-state index in [0.29, 0.717) is 9.16 Å². The number of rotatable bonds is 3. The van der Waals surface area contributed by atoms with Gasteiger partial charge in [0.05, 0.1) is 10.1 Å². The zero-order valence-corrected chi connectivity index (χ0v) is 10.7. The fourth-order valence-electron chi connectivity index (χ4n) is 1.78. The lowest BCUT2D eigenvalue weighted by atomic mass is 10.2. The summed E-state index contributed by atoms with van der Waals surface area (Å²) in [6.45, 7) is -0.551. The highest BCUT2D eigenvalue weighted by Gasteiger charge is 2.21. The van der Waals surface area contributed by atoms with Gasteiger partial charge >= 0.3 is 0 Å². The molecule has 0 fully saturated rings. The molecule has 0 amide bonds. The smallest absolute Gasteiger partial charge is 0.286 e. The van der Waals surface area contributed by atoms with Gasteiger partial charge in [-0.05, 0) is 6.07 Å². The molecular formula is C11H12N4O3S. The van der Waals surface area contributed by atoms with Crippen LogP contribution in [0.3, 0.4) is 0 Å². The third-order valence-electron chi connectivity index (χ3n) is 2.66. The minimum absolute atomic E-state index is 0.0255. The number of hydrogen-bond acceptors (Lipinski definition) is 5. The SMILES string of the molecule is N=C(N)SCc1c(CO)[n+](=O)c2ccccc2n1[O-]. The third-order valence-corrected chi connectivity index (χ3v) is 3.39. The first-order valence-electron chi connectivity index (χ1n) is 5.39. The molecule has 100 valence electrons. The Labute approximate surface area is 112 Å². The molecule has 0 aliphatic heterocycles. The molecule has 4 N–H and O–H groups in total. The predicted octanol–water partition coefficient (Wildman–Crippen LogP) is 0.521. The summed E-state index contributed by atoms with van der Waals surface area (Å²) in [4.78, 5) is 12.1.